The van der Waals surface area contributed by atoms with Gasteiger partial charge in [0.15, 0.2) is 0 Å². The minimum atomic E-state index is -2.47. The zero-order chi connectivity index (χ0) is 13.1. The van der Waals surface area contributed by atoms with E-state index in [1.165, 1.54) is 18.2 Å². The summed E-state index contributed by atoms with van der Waals surface area (Å²) in [7, 11) is 0. The van der Waals surface area contributed by atoms with Crippen LogP contribution in [-0.4, -0.2) is 22.0 Å². The van der Waals surface area contributed by atoms with Gasteiger partial charge in [-0.25, -0.2) is 4.79 Å². The molecule has 2 aromatic rings. The van der Waals surface area contributed by atoms with E-state index in [4.69, 9.17) is 5.11 Å². The number of carboxylic acid groups (broad SMARTS) is 1. The van der Waals surface area contributed by atoms with Crippen molar-refractivity contribution >= 4 is 17.7 Å². The maximum absolute atomic E-state index is 12.1. The summed E-state index contributed by atoms with van der Waals surface area (Å²) < 4.78 is 28.8. The molecule has 1 aromatic heterocycles. The van der Waals surface area contributed by atoms with Crippen LogP contribution in [0.15, 0.2) is 39.8 Å². The average Bonchev–Trinajstić information content (AvgIpc) is 2.78. The lowest BCUT2D eigenvalue weighted by molar-refractivity contribution is 0.0652. The van der Waals surface area contributed by atoms with Gasteiger partial charge in [-0.1, -0.05) is 29.1 Å². The largest absolute Gasteiger partial charge is 0.475 e. The quantitative estimate of drug-likeness (QED) is 0.864. The van der Waals surface area contributed by atoms with Crippen LogP contribution in [0, 0.1) is 0 Å². The first-order chi connectivity index (χ1) is 8.56. The third-order valence-corrected chi connectivity index (χ3v) is 2.82. The van der Waals surface area contributed by atoms with E-state index in [2.05, 4.69) is 9.68 Å². The molecule has 0 saturated carbocycles. The number of alkyl halides is 2. The van der Waals surface area contributed by atoms with Gasteiger partial charge in [0.2, 0.25) is 5.76 Å². The molecule has 0 spiro atoms. The normalized spacial score (nSPS) is 10.8. The molecule has 4 nitrogen and oxygen atoms in total. The Labute approximate surface area is 105 Å². The molecule has 2 rings (SSSR count). The number of rotatable bonds is 4. The Morgan fingerprint density at radius 3 is 2.50 bits per heavy atom. The van der Waals surface area contributed by atoms with Crippen LogP contribution in [0.2, 0.25) is 0 Å². The molecule has 0 aliphatic heterocycles. The third kappa shape index (κ3) is 2.86. The topological polar surface area (TPSA) is 63.3 Å². The monoisotopic (exact) mass is 271 g/mol. The van der Waals surface area contributed by atoms with Gasteiger partial charge < -0.3 is 9.63 Å². The lowest BCUT2D eigenvalue weighted by atomic mass is 10.1. The van der Waals surface area contributed by atoms with Crippen molar-refractivity contribution in [3.05, 3.63) is 36.1 Å². The minimum Gasteiger partial charge on any atom is -0.475 e. The Morgan fingerprint density at radius 1 is 1.33 bits per heavy atom. The number of aromatic nitrogens is 1. The number of benzene rings is 1. The van der Waals surface area contributed by atoms with Crippen LogP contribution in [-0.2, 0) is 0 Å². The van der Waals surface area contributed by atoms with Gasteiger partial charge in [0.05, 0.1) is 0 Å². The van der Waals surface area contributed by atoms with Crippen LogP contribution in [0.1, 0.15) is 10.6 Å². The molecule has 1 aromatic carbocycles. The van der Waals surface area contributed by atoms with Crippen LogP contribution in [0.5, 0.6) is 0 Å². The van der Waals surface area contributed by atoms with Crippen molar-refractivity contribution in [2.24, 2.45) is 0 Å². The molecule has 0 aliphatic rings. The first-order valence-electron chi connectivity index (χ1n) is 4.81. The number of carbonyl (C=O) groups is 1. The standard InChI is InChI=1S/C11H7F2NO3S/c12-11(13)18-7-3-1-6(2-4-7)8-5-9(10(15)16)17-14-8/h1-5,11H,(H,15,16). The van der Waals surface area contributed by atoms with E-state index in [0.717, 1.165) is 0 Å². The molecule has 0 radical (unpaired) electrons. The van der Waals surface area contributed by atoms with Crippen molar-refractivity contribution in [2.45, 2.75) is 10.7 Å². The highest BCUT2D eigenvalue weighted by molar-refractivity contribution is 7.99. The predicted molar refractivity (Wildman–Crippen MR) is 60.8 cm³/mol. The van der Waals surface area contributed by atoms with Gasteiger partial charge in [-0.15, -0.1) is 0 Å². The van der Waals surface area contributed by atoms with Crippen LogP contribution in [0.3, 0.4) is 0 Å². The minimum absolute atomic E-state index is 0.268. The second-order valence-corrected chi connectivity index (χ2v) is 4.35. The highest BCUT2D eigenvalue weighted by Crippen LogP contribution is 2.27. The number of halogens is 2. The summed E-state index contributed by atoms with van der Waals surface area (Å²) in [5, 5.41) is 12.3. The second-order valence-electron chi connectivity index (χ2n) is 3.28. The Balaban J connectivity index is 2.20. The molecule has 0 amide bonds. The summed E-state index contributed by atoms with van der Waals surface area (Å²) in [6.07, 6.45) is 0. The van der Waals surface area contributed by atoms with E-state index in [0.29, 0.717) is 27.9 Å². The van der Waals surface area contributed by atoms with Crippen molar-refractivity contribution in [3.8, 4) is 11.3 Å². The highest BCUT2D eigenvalue weighted by Gasteiger charge is 2.12. The molecule has 0 atom stereocenters. The summed E-state index contributed by atoms with van der Waals surface area (Å²) in [5.41, 5.74) is 0.950. The SMILES string of the molecule is O=C(O)c1cc(-c2ccc(SC(F)F)cc2)no1. The molecule has 0 unspecified atom stereocenters. The van der Waals surface area contributed by atoms with Gasteiger partial charge in [-0.3, -0.25) is 0 Å². The Hall–Kier alpha value is -1.89. The zero-order valence-electron chi connectivity index (χ0n) is 8.84. The number of nitrogens with zero attached hydrogens (tertiary/aromatic N) is 1. The Kier molecular flexibility index (Phi) is 3.61. The van der Waals surface area contributed by atoms with Gasteiger partial charge >= 0.3 is 5.97 Å². The summed E-state index contributed by atoms with van der Waals surface area (Å²) in [6, 6.07) is 7.46. The Morgan fingerprint density at radius 2 is 2.00 bits per heavy atom. The summed E-state index contributed by atoms with van der Waals surface area (Å²) >= 11 is 0.441. The molecule has 7 heteroatoms. The molecule has 94 valence electrons. The van der Waals surface area contributed by atoms with Crippen LogP contribution < -0.4 is 0 Å². The lowest BCUT2D eigenvalue weighted by Gasteiger charge is -2.00. The van der Waals surface area contributed by atoms with Gasteiger partial charge in [0.1, 0.15) is 5.69 Å². The van der Waals surface area contributed by atoms with Gasteiger partial charge in [-0.2, -0.15) is 8.78 Å². The number of aromatic carboxylic acids is 1. The lowest BCUT2D eigenvalue weighted by Crippen LogP contribution is -1.91. The fourth-order valence-electron chi connectivity index (χ4n) is 1.32. The van der Waals surface area contributed by atoms with E-state index in [-0.39, 0.29) is 5.76 Å². The third-order valence-electron chi connectivity index (χ3n) is 2.10. The molecule has 1 heterocycles. The van der Waals surface area contributed by atoms with E-state index in [1.54, 1.807) is 12.1 Å². The first kappa shape index (κ1) is 12.6. The summed E-state index contributed by atoms with van der Waals surface area (Å²) in [4.78, 5) is 11.0. The molecule has 0 fully saturated rings. The van der Waals surface area contributed by atoms with Crippen LogP contribution >= 0.6 is 11.8 Å². The number of hydrogen-bond acceptors (Lipinski definition) is 4. The van der Waals surface area contributed by atoms with Crippen molar-refractivity contribution < 1.29 is 23.2 Å². The first-order valence-corrected chi connectivity index (χ1v) is 5.69. The summed E-state index contributed by atoms with van der Waals surface area (Å²) in [5.74, 6) is -3.95. The molecule has 18 heavy (non-hydrogen) atoms. The van der Waals surface area contributed by atoms with E-state index in [9.17, 15) is 13.6 Å². The maximum Gasteiger partial charge on any atom is 0.374 e. The van der Waals surface area contributed by atoms with Gasteiger partial charge in [-0.05, 0) is 12.1 Å². The average molecular weight is 271 g/mol. The maximum atomic E-state index is 12.1. The molecular weight excluding hydrogens is 264 g/mol. The fourth-order valence-corrected chi connectivity index (χ4v) is 1.82. The Bertz CT molecular complexity index is 554. The molecule has 0 bridgehead atoms. The van der Waals surface area contributed by atoms with E-state index < -0.39 is 11.7 Å². The van der Waals surface area contributed by atoms with Crippen molar-refractivity contribution in [2.75, 3.05) is 0 Å². The van der Waals surface area contributed by atoms with Gasteiger partial charge in [0, 0.05) is 16.5 Å². The molecular formula is C11H7F2NO3S. The highest BCUT2D eigenvalue weighted by atomic mass is 32.2. The summed E-state index contributed by atoms with van der Waals surface area (Å²) in [6.45, 7) is 0. The molecule has 0 aliphatic carbocycles. The van der Waals surface area contributed by atoms with Crippen molar-refractivity contribution in [1.29, 1.82) is 0 Å². The predicted octanol–water partition coefficient (Wildman–Crippen LogP) is 3.35. The molecule has 1 N–H and O–H groups in total. The number of thioether (sulfide) groups is 1. The van der Waals surface area contributed by atoms with E-state index >= 15 is 0 Å². The zero-order valence-corrected chi connectivity index (χ0v) is 9.66. The second kappa shape index (κ2) is 5.18. The molecule has 0 saturated heterocycles. The van der Waals surface area contributed by atoms with Crippen LogP contribution in [0.25, 0.3) is 11.3 Å². The van der Waals surface area contributed by atoms with E-state index in [1.807, 2.05) is 0 Å². The number of hydrogen-bond donors (Lipinski definition) is 1. The van der Waals surface area contributed by atoms with Crippen molar-refractivity contribution in [1.82, 2.24) is 5.16 Å². The number of carboxylic acids is 1. The van der Waals surface area contributed by atoms with Crippen molar-refractivity contribution in [3.63, 3.8) is 0 Å². The fraction of sp³-hybridized carbons (Fsp3) is 0.0909. The van der Waals surface area contributed by atoms with Gasteiger partial charge in [0.25, 0.3) is 5.76 Å². The van der Waals surface area contributed by atoms with Crippen LogP contribution in [0.4, 0.5) is 8.78 Å². The smallest absolute Gasteiger partial charge is 0.374 e.